The van der Waals surface area contributed by atoms with Crippen LogP contribution in [0.5, 0.6) is 17.2 Å². The molecule has 1 aromatic rings. The summed E-state index contributed by atoms with van der Waals surface area (Å²) in [6.45, 7) is 3.80. The molecule has 5 nitrogen and oxygen atoms in total. The van der Waals surface area contributed by atoms with Crippen molar-refractivity contribution in [1.82, 2.24) is 0 Å². The van der Waals surface area contributed by atoms with Crippen LogP contribution in [0.1, 0.15) is 19.4 Å². The lowest BCUT2D eigenvalue weighted by Crippen LogP contribution is -2.22. The van der Waals surface area contributed by atoms with E-state index in [0.29, 0.717) is 23.7 Å². The van der Waals surface area contributed by atoms with E-state index in [9.17, 15) is 9.90 Å². The van der Waals surface area contributed by atoms with E-state index >= 15 is 0 Å². The van der Waals surface area contributed by atoms with E-state index in [1.807, 2.05) is 13.8 Å². The van der Waals surface area contributed by atoms with E-state index in [2.05, 4.69) is 0 Å². The SMILES string of the molecule is COc1cc(CC(C(=O)O)C(C)C)cc(OC)c1OC. The molecule has 0 aliphatic heterocycles. The minimum Gasteiger partial charge on any atom is -0.493 e. The maximum absolute atomic E-state index is 11.3. The van der Waals surface area contributed by atoms with Gasteiger partial charge in [-0.3, -0.25) is 4.79 Å². The Labute approximate surface area is 119 Å². The van der Waals surface area contributed by atoms with Gasteiger partial charge in [0, 0.05) is 0 Å². The van der Waals surface area contributed by atoms with E-state index in [-0.39, 0.29) is 5.92 Å². The molecule has 20 heavy (non-hydrogen) atoms. The molecule has 1 unspecified atom stereocenters. The minimum atomic E-state index is -0.797. The van der Waals surface area contributed by atoms with Crippen LogP contribution in [0.2, 0.25) is 0 Å². The van der Waals surface area contributed by atoms with E-state index < -0.39 is 11.9 Å². The number of hydrogen-bond acceptors (Lipinski definition) is 4. The molecule has 1 N–H and O–H groups in total. The van der Waals surface area contributed by atoms with Gasteiger partial charge >= 0.3 is 5.97 Å². The number of carboxylic acids is 1. The Bertz CT molecular complexity index is 442. The monoisotopic (exact) mass is 282 g/mol. The fraction of sp³-hybridized carbons (Fsp3) is 0.533. The van der Waals surface area contributed by atoms with Crippen molar-refractivity contribution in [2.24, 2.45) is 11.8 Å². The van der Waals surface area contributed by atoms with Crippen molar-refractivity contribution in [1.29, 1.82) is 0 Å². The number of carboxylic acid groups (broad SMARTS) is 1. The maximum Gasteiger partial charge on any atom is 0.307 e. The van der Waals surface area contributed by atoms with Gasteiger partial charge in [-0.15, -0.1) is 0 Å². The van der Waals surface area contributed by atoms with Crippen LogP contribution < -0.4 is 14.2 Å². The zero-order valence-electron chi connectivity index (χ0n) is 12.6. The lowest BCUT2D eigenvalue weighted by molar-refractivity contribution is -0.143. The standard InChI is InChI=1S/C15H22O5/c1-9(2)11(15(16)17)6-10-7-12(18-3)14(20-5)13(8-10)19-4/h7-9,11H,6H2,1-5H3,(H,16,17). The van der Waals surface area contributed by atoms with Gasteiger partial charge in [-0.1, -0.05) is 13.8 Å². The van der Waals surface area contributed by atoms with Crippen LogP contribution >= 0.6 is 0 Å². The molecule has 0 spiro atoms. The molecule has 0 aromatic heterocycles. The van der Waals surface area contributed by atoms with E-state index in [1.165, 1.54) is 21.3 Å². The highest BCUT2D eigenvalue weighted by Crippen LogP contribution is 2.39. The van der Waals surface area contributed by atoms with Gasteiger partial charge in [0.05, 0.1) is 27.2 Å². The van der Waals surface area contributed by atoms with Crippen LogP contribution in [0.15, 0.2) is 12.1 Å². The van der Waals surface area contributed by atoms with E-state index in [1.54, 1.807) is 12.1 Å². The first-order valence-electron chi connectivity index (χ1n) is 6.46. The normalized spacial score (nSPS) is 12.1. The molecule has 0 heterocycles. The lowest BCUT2D eigenvalue weighted by atomic mass is 9.89. The molecular weight excluding hydrogens is 260 g/mol. The number of benzene rings is 1. The fourth-order valence-corrected chi connectivity index (χ4v) is 2.12. The molecule has 0 radical (unpaired) electrons. The molecule has 112 valence electrons. The summed E-state index contributed by atoms with van der Waals surface area (Å²) in [6.07, 6.45) is 0.420. The van der Waals surface area contributed by atoms with Gasteiger partial charge in [0.25, 0.3) is 0 Å². The molecule has 0 bridgehead atoms. The molecule has 1 atom stereocenters. The van der Waals surface area contributed by atoms with Gasteiger partial charge in [0.2, 0.25) is 5.75 Å². The van der Waals surface area contributed by atoms with Crippen LogP contribution in [0, 0.1) is 11.8 Å². The van der Waals surface area contributed by atoms with Crippen LogP contribution in [0.3, 0.4) is 0 Å². The van der Waals surface area contributed by atoms with Gasteiger partial charge < -0.3 is 19.3 Å². The van der Waals surface area contributed by atoms with Crippen molar-refractivity contribution in [3.8, 4) is 17.2 Å². The predicted molar refractivity (Wildman–Crippen MR) is 75.8 cm³/mol. The van der Waals surface area contributed by atoms with Crippen molar-refractivity contribution in [3.63, 3.8) is 0 Å². The Morgan fingerprint density at radius 1 is 1.10 bits per heavy atom. The quantitative estimate of drug-likeness (QED) is 0.832. The molecule has 0 amide bonds. The summed E-state index contributed by atoms with van der Waals surface area (Å²) in [5.74, 6) is 0.387. The number of rotatable bonds is 7. The van der Waals surface area contributed by atoms with Gasteiger partial charge in [-0.05, 0) is 30.0 Å². The summed E-state index contributed by atoms with van der Waals surface area (Å²) in [5, 5.41) is 9.27. The molecule has 0 fully saturated rings. The smallest absolute Gasteiger partial charge is 0.307 e. The Balaban J connectivity index is 3.16. The van der Waals surface area contributed by atoms with Crippen molar-refractivity contribution >= 4 is 5.97 Å². The highest BCUT2D eigenvalue weighted by molar-refractivity contribution is 5.71. The third kappa shape index (κ3) is 3.56. The van der Waals surface area contributed by atoms with Gasteiger partial charge in [0.15, 0.2) is 11.5 Å². The first-order valence-corrected chi connectivity index (χ1v) is 6.46. The first-order chi connectivity index (χ1) is 9.44. The zero-order valence-corrected chi connectivity index (χ0v) is 12.6. The van der Waals surface area contributed by atoms with Gasteiger partial charge in [0.1, 0.15) is 0 Å². The second kappa shape index (κ2) is 7.03. The molecule has 1 aromatic carbocycles. The highest BCUT2D eigenvalue weighted by Gasteiger charge is 2.23. The average molecular weight is 282 g/mol. The largest absolute Gasteiger partial charge is 0.493 e. The molecule has 0 aliphatic carbocycles. The van der Waals surface area contributed by atoms with Gasteiger partial charge in [-0.25, -0.2) is 0 Å². The summed E-state index contributed by atoms with van der Waals surface area (Å²) < 4.78 is 15.8. The number of aliphatic carboxylic acids is 1. The molecule has 0 aliphatic rings. The van der Waals surface area contributed by atoms with Crippen molar-refractivity contribution in [2.75, 3.05) is 21.3 Å². The Morgan fingerprint density at radius 2 is 1.60 bits per heavy atom. The Morgan fingerprint density at radius 3 is 1.90 bits per heavy atom. The molecule has 0 saturated heterocycles. The minimum absolute atomic E-state index is 0.0478. The average Bonchev–Trinajstić information content (AvgIpc) is 2.42. The Kier molecular flexibility index (Phi) is 5.67. The molecule has 1 rings (SSSR count). The van der Waals surface area contributed by atoms with Gasteiger partial charge in [-0.2, -0.15) is 0 Å². The summed E-state index contributed by atoms with van der Waals surface area (Å²) in [7, 11) is 4.62. The topological polar surface area (TPSA) is 65.0 Å². The fourth-order valence-electron chi connectivity index (χ4n) is 2.12. The third-order valence-electron chi connectivity index (χ3n) is 3.30. The van der Waals surface area contributed by atoms with Crippen LogP contribution in [0.25, 0.3) is 0 Å². The van der Waals surface area contributed by atoms with Crippen molar-refractivity contribution in [2.45, 2.75) is 20.3 Å². The van der Waals surface area contributed by atoms with Crippen LogP contribution in [-0.2, 0) is 11.2 Å². The first kappa shape index (κ1) is 16.1. The predicted octanol–water partition coefficient (Wildman–Crippen LogP) is 2.61. The second-order valence-electron chi connectivity index (χ2n) is 4.93. The van der Waals surface area contributed by atoms with E-state index in [0.717, 1.165) is 5.56 Å². The summed E-state index contributed by atoms with van der Waals surface area (Å²) in [5.41, 5.74) is 0.848. The lowest BCUT2D eigenvalue weighted by Gasteiger charge is -2.18. The number of methoxy groups -OCH3 is 3. The third-order valence-corrected chi connectivity index (χ3v) is 3.30. The van der Waals surface area contributed by atoms with Crippen molar-refractivity contribution in [3.05, 3.63) is 17.7 Å². The summed E-state index contributed by atoms with van der Waals surface area (Å²) in [6, 6.07) is 3.58. The van der Waals surface area contributed by atoms with Crippen LogP contribution in [0.4, 0.5) is 0 Å². The van der Waals surface area contributed by atoms with Crippen molar-refractivity contribution < 1.29 is 24.1 Å². The number of hydrogen-bond donors (Lipinski definition) is 1. The Hall–Kier alpha value is -1.91. The van der Waals surface area contributed by atoms with Crippen LogP contribution in [-0.4, -0.2) is 32.4 Å². The summed E-state index contributed by atoms with van der Waals surface area (Å²) >= 11 is 0. The molecule has 0 saturated carbocycles. The molecular formula is C15H22O5. The maximum atomic E-state index is 11.3. The second-order valence-corrected chi connectivity index (χ2v) is 4.93. The molecule has 5 heteroatoms. The zero-order chi connectivity index (χ0) is 15.3. The summed E-state index contributed by atoms with van der Waals surface area (Å²) in [4.78, 5) is 11.3. The highest BCUT2D eigenvalue weighted by atomic mass is 16.5. The number of ether oxygens (including phenoxy) is 3. The van der Waals surface area contributed by atoms with E-state index in [4.69, 9.17) is 14.2 Å². The number of carbonyl (C=O) groups is 1.